The highest BCUT2D eigenvalue weighted by molar-refractivity contribution is 5.82. The Hall–Kier alpha value is -1.14. The Bertz CT molecular complexity index is 314. The smallest absolute Gasteiger partial charge is 0.242 e. The summed E-state index contributed by atoms with van der Waals surface area (Å²) in [6.45, 7) is 6.23. The third kappa shape index (κ3) is 2.81. The predicted molar refractivity (Wildman–Crippen MR) is 67.7 cm³/mol. The SMILES string of the molecule is CC(N(C=O)[C@H](C(N)=O)[C@@H](C)O)C1(C)CCCN1. The van der Waals surface area contributed by atoms with E-state index in [0.717, 1.165) is 19.4 Å². The normalized spacial score (nSPS) is 28.4. The van der Waals surface area contributed by atoms with Crippen LogP contribution in [-0.4, -0.2) is 52.6 Å². The molecule has 0 aromatic heterocycles. The molecule has 1 fully saturated rings. The Kier molecular flexibility index (Phi) is 4.70. The molecular weight excluding hydrogens is 234 g/mol. The van der Waals surface area contributed by atoms with Crippen molar-refractivity contribution in [1.82, 2.24) is 10.2 Å². The highest BCUT2D eigenvalue weighted by Gasteiger charge is 2.41. The molecule has 104 valence electrons. The highest BCUT2D eigenvalue weighted by atomic mass is 16.3. The topological polar surface area (TPSA) is 95.7 Å². The molecule has 1 saturated heterocycles. The molecule has 1 aliphatic heterocycles. The Morgan fingerprint density at radius 2 is 2.17 bits per heavy atom. The summed E-state index contributed by atoms with van der Waals surface area (Å²) in [5.74, 6) is -0.689. The average molecular weight is 257 g/mol. The fourth-order valence-electron chi connectivity index (χ4n) is 2.64. The van der Waals surface area contributed by atoms with Gasteiger partial charge in [0.15, 0.2) is 0 Å². The van der Waals surface area contributed by atoms with E-state index in [4.69, 9.17) is 5.73 Å². The molecular formula is C12H23N3O3. The second kappa shape index (κ2) is 5.67. The van der Waals surface area contributed by atoms with Crippen LogP contribution in [0.4, 0.5) is 0 Å². The molecule has 6 nitrogen and oxygen atoms in total. The van der Waals surface area contributed by atoms with Gasteiger partial charge in [-0.15, -0.1) is 0 Å². The number of amides is 2. The van der Waals surface area contributed by atoms with E-state index in [2.05, 4.69) is 5.32 Å². The van der Waals surface area contributed by atoms with E-state index in [1.807, 2.05) is 13.8 Å². The Morgan fingerprint density at radius 1 is 1.56 bits per heavy atom. The van der Waals surface area contributed by atoms with E-state index in [-0.39, 0.29) is 11.6 Å². The van der Waals surface area contributed by atoms with Crippen LogP contribution in [0, 0.1) is 0 Å². The zero-order valence-corrected chi connectivity index (χ0v) is 11.2. The third-order valence-electron chi connectivity index (χ3n) is 3.96. The Balaban J connectivity index is 2.93. The van der Waals surface area contributed by atoms with Gasteiger partial charge < -0.3 is 21.1 Å². The van der Waals surface area contributed by atoms with Crippen molar-refractivity contribution >= 4 is 12.3 Å². The van der Waals surface area contributed by atoms with Crippen molar-refractivity contribution in [2.45, 2.75) is 57.3 Å². The first-order chi connectivity index (χ1) is 8.33. The minimum absolute atomic E-state index is 0.218. The summed E-state index contributed by atoms with van der Waals surface area (Å²) in [6, 6.07) is -1.21. The molecule has 0 aliphatic carbocycles. The summed E-state index contributed by atoms with van der Waals surface area (Å²) in [4.78, 5) is 24.0. The number of nitrogens with zero attached hydrogens (tertiary/aromatic N) is 1. The van der Waals surface area contributed by atoms with E-state index < -0.39 is 18.1 Å². The number of aliphatic hydroxyl groups is 1. The minimum atomic E-state index is -0.989. The number of hydrogen-bond acceptors (Lipinski definition) is 4. The molecule has 0 aromatic carbocycles. The quantitative estimate of drug-likeness (QED) is 0.543. The number of carbonyl (C=O) groups is 2. The van der Waals surface area contributed by atoms with E-state index in [1.165, 1.54) is 11.8 Å². The second-order valence-corrected chi connectivity index (χ2v) is 5.26. The molecule has 2 amide bonds. The molecule has 1 aliphatic rings. The predicted octanol–water partition coefficient (Wildman–Crippen LogP) is -0.790. The van der Waals surface area contributed by atoms with E-state index in [1.54, 1.807) is 0 Å². The summed E-state index contributed by atoms with van der Waals surface area (Å²) in [5.41, 5.74) is 5.03. The molecule has 0 aromatic rings. The van der Waals surface area contributed by atoms with Crippen LogP contribution in [0.5, 0.6) is 0 Å². The monoisotopic (exact) mass is 257 g/mol. The van der Waals surface area contributed by atoms with Crippen LogP contribution in [-0.2, 0) is 9.59 Å². The van der Waals surface area contributed by atoms with Crippen LogP contribution in [0.3, 0.4) is 0 Å². The van der Waals surface area contributed by atoms with Gasteiger partial charge in [-0.05, 0) is 40.2 Å². The molecule has 1 rings (SSSR count). The van der Waals surface area contributed by atoms with Gasteiger partial charge >= 0.3 is 0 Å². The Labute approximate surface area is 108 Å². The van der Waals surface area contributed by atoms with Gasteiger partial charge in [-0.25, -0.2) is 0 Å². The van der Waals surface area contributed by atoms with E-state index in [9.17, 15) is 14.7 Å². The number of carbonyl (C=O) groups excluding carboxylic acids is 2. The number of aliphatic hydroxyl groups excluding tert-OH is 1. The number of nitrogens with one attached hydrogen (secondary N) is 1. The zero-order valence-electron chi connectivity index (χ0n) is 11.2. The molecule has 0 bridgehead atoms. The largest absolute Gasteiger partial charge is 0.391 e. The molecule has 2 unspecified atom stereocenters. The fourth-order valence-corrected chi connectivity index (χ4v) is 2.64. The first-order valence-electron chi connectivity index (χ1n) is 6.28. The third-order valence-corrected chi connectivity index (χ3v) is 3.96. The minimum Gasteiger partial charge on any atom is -0.391 e. The standard InChI is InChI=1S/C12H23N3O3/c1-8(17)10(11(13)18)15(7-16)9(2)12(3)5-4-6-14-12/h7-10,14,17H,4-6H2,1-3H3,(H2,13,18)/t8-,9?,10+,12?/m1/s1. The maximum atomic E-state index is 11.4. The molecule has 4 N–H and O–H groups in total. The van der Waals surface area contributed by atoms with Crippen LogP contribution >= 0.6 is 0 Å². The Morgan fingerprint density at radius 3 is 2.50 bits per heavy atom. The summed E-state index contributed by atoms with van der Waals surface area (Å²) in [6.07, 6.45) is 1.56. The average Bonchev–Trinajstić information content (AvgIpc) is 2.72. The van der Waals surface area contributed by atoms with Gasteiger partial charge in [-0.1, -0.05) is 0 Å². The van der Waals surface area contributed by atoms with Crippen molar-refractivity contribution in [2.75, 3.05) is 6.54 Å². The van der Waals surface area contributed by atoms with Crippen molar-refractivity contribution in [3.8, 4) is 0 Å². The molecule has 1 heterocycles. The molecule has 4 atom stereocenters. The van der Waals surface area contributed by atoms with Crippen molar-refractivity contribution in [3.05, 3.63) is 0 Å². The maximum absolute atomic E-state index is 11.4. The fraction of sp³-hybridized carbons (Fsp3) is 0.833. The van der Waals surface area contributed by atoms with Gasteiger partial charge in [0.25, 0.3) is 0 Å². The summed E-state index contributed by atoms with van der Waals surface area (Å²) < 4.78 is 0. The van der Waals surface area contributed by atoms with Crippen LogP contribution in [0.2, 0.25) is 0 Å². The van der Waals surface area contributed by atoms with Gasteiger partial charge in [0.05, 0.1) is 6.10 Å². The summed E-state index contributed by atoms with van der Waals surface area (Å²) in [7, 11) is 0. The lowest BCUT2D eigenvalue weighted by molar-refractivity contribution is -0.138. The van der Waals surface area contributed by atoms with Crippen LogP contribution in [0.1, 0.15) is 33.6 Å². The van der Waals surface area contributed by atoms with E-state index >= 15 is 0 Å². The van der Waals surface area contributed by atoms with Gasteiger partial charge in [0.2, 0.25) is 12.3 Å². The number of nitrogens with two attached hydrogens (primary N) is 1. The highest BCUT2D eigenvalue weighted by Crippen LogP contribution is 2.27. The maximum Gasteiger partial charge on any atom is 0.242 e. The van der Waals surface area contributed by atoms with E-state index in [0.29, 0.717) is 6.41 Å². The molecule has 0 saturated carbocycles. The van der Waals surface area contributed by atoms with Crippen LogP contribution in [0.25, 0.3) is 0 Å². The van der Waals surface area contributed by atoms with Crippen molar-refractivity contribution in [1.29, 1.82) is 0 Å². The van der Waals surface area contributed by atoms with Gasteiger partial charge in [0, 0.05) is 11.6 Å². The second-order valence-electron chi connectivity index (χ2n) is 5.26. The molecule has 6 heteroatoms. The number of hydrogen-bond donors (Lipinski definition) is 3. The molecule has 0 radical (unpaired) electrons. The summed E-state index contributed by atoms with van der Waals surface area (Å²) >= 11 is 0. The molecule has 18 heavy (non-hydrogen) atoms. The van der Waals surface area contributed by atoms with Gasteiger partial charge in [-0.3, -0.25) is 9.59 Å². The van der Waals surface area contributed by atoms with Gasteiger partial charge in [0.1, 0.15) is 6.04 Å². The number of rotatable bonds is 6. The lowest BCUT2D eigenvalue weighted by atomic mass is 9.89. The van der Waals surface area contributed by atoms with Crippen molar-refractivity contribution in [3.63, 3.8) is 0 Å². The molecule has 0 spiro atoms. The first-order valence-corrected chi connectivity index (χ1v) is 6.28. The summed E-state index contributed by atoms with van der Waals surface area (Å²) in [5, 5.41) is 13.0. The van der Waals surface area contributed by atoms with Gasteiger partial charge in [-0.2, -0.15) is 0 Å². The van der Waals surface area contributed by atoms with Crippen molar-refractivity contribution in [2.24, 2.45) is 5.73 Å². The zero-order chi connectivity index (χ0) is 13.9. The van der Waals surface area contributed by atoms with Crippen molar-refractivity contribution < 1.29 is 14.7 Å². The lowest BCUT2D eigenvalue weighted by Gasteiger charge is -2.41. The lowest BCUT2D eigenvalue weighted by Crippen LogP contribution is -2.61. The van der Waals surface area contributed by atoms with Crippen LogP contribution < -0.4 is 11.1 Å². The van der Waals surface area contributed by atoms with Crippen LogP contribution in [0.15, 0.2) is 0 Å². The first kappa shape index (κ1) is 14.9. The number of primary amides is 1.